The molecule has 0 aliphatic carbocycles. The molecule has 3 rings (SSSR count). The largest absolute Gasteiger partial charge is 0.497 e. The molecule has 0 aliphatic heterocycles. The van der Waals surface area contributed by atoms with Gasteiger partial charge in [-0.1, -0.05) is 54.4 Å². The van der Waals surface area contributed by atoms with E-state index in [0.717, 1.165) is 4.31 Å². The Hall–Kier alpha value is -3.27. The summed E-state index contributed by atoms with van der Waals surface area (Å²) in [5.41, 5.74) is 0.943. The fourth-order valence-corrected chi connectivity index (χ4v) is 5.65. The van der Waals surface area contributed by atoms with E-state index in [1.54, 1.807) is 55.5 Å². The number of hydrogen-bond donors (Lipinski definition) is 1. The topological polar surface area (TPSA) is 96.0 Å². The van der Waals surface area contributed by atoms with E-state index >= 15 is 0 Å². The highest BCUT2D eigenvalue weighted by Crippen LogP contribution is 2.27. The van der Waals surface area contributed by atoms with Crippen molar-refractivity contribution in [3.05, 3.63) is 88.4 Å². The number of nitrogens with zero attached hydrogens (tertiary/aromatic N) is 2. The third-order valence-corrected chi connectivity index (χ3v) is 8.47. The number of sulfonamides is 1. The zero-order chi connectivity index (χ0) is 27.9. The fourth-order valence-electron chi connectivity index (χ4n) is 3.92. The minimum atomic E-state index is -4.16. The number of ether oxygens (including phenoxy) is 1. The summed E-state index contributed by atoms with van der Waals surface area (Å²) in [5.74, 6) is -0.437. The summed E-state index contributed by atoms with van der Waals surface area (Å²) < 4.78 is 33.7. The first-order chi connectivity index (χ1) is 18.1. The lowest BCUT2D eigenvalue weighted by Crippen LogP contribution is -2.51. The quantitative estimate of drug-likeness (QED) is 0.354. The number of halogens is 2. The zero-order valence-electron chi connectivity index (χ0n) is 21.2. The molecule has 202 valence electrons. The van der Waals surface area contributed by atoms with Crippen molar-refractivity contribution in [3.8, 4) is 5.75 Å². The number of amides is 2. The van der Waals surface area contributed by atoms with Crippen LogP contribution in [-0.4, -0.2) is 51.9 Å². The molecule has 1 unspecified atom stereocenters. The molecule has 0 fully saturated rings. The van der Waals surface area contributed by atoms with Crippen LogP contribution in [0, 0.1) is 0 Å². The Bertz CT molecular complexity index is 1370. The monoisotopic (exact) mass is 577 g/mol. The van der Waals surface area contributed by atoms with Gasteiger partial charge in [0.25, 0.3) is 10.0 Å². The summed E-state index contributed by atoms with van der Waals surface area (Å²) in [6.07, 6.45) is 0.309. The number of nitrogens with one attached hydrogen (secondary N) is 1. The summed E-state index contributed by atoms with van der Waals surface area (Å²) in [6.45, 7) is 1.26. The van der Waals surface area contributed by atoms with E-state index in [1.807, 2.05) is 0 Å². The second-order valence-electron chi connectivity index (χ2n) is 8.33. The second-order valence-corrected chi connectivity index (χ2v) is 11.0. The second kappa shape index (κ2) is 13.0. The number of methoxy groups -OCH3 is 1. The van der Waals surface area contributed by atoms with E-state index in [2.05, 4.69) is 5.32 Å². The molecule has 0 radical (unpaired) electrons. The van der Waals surface area contributed by atoms with E-state index in [4.69, 9.17) is 27.9 Å². The maximum Gasteiger partial charge on any atom is 0.264 e. The van der Waals surface area contributed by atoms with Crippen LogP contribution >= 0.6 is 23.2 Å². The maximum absolute atomic E-state index is 13.8. The summed E-state index contributed by atoms with van der Waals surface area (Å²) in [5, 5.41) is 3.24. The van der Waals surface area contributed by atoms with Crippen LogP contribution in [0.4, 0.5) is 5.69 Å². The third kappa shape index (κ3) is 6.78. The summed E-state index contributed by atoms with van der Waals surface area (Å²) in [7, 11) is -1.19. The van der Waals surface area contributed by atoms with Gasteiger partial charge in [0, 0.05) is 13.6 Å². The Morgan fingerprint density at radius 3 is 2.18 bits per heavy atom. The lowest BCUT2D eigenvalue weighted by atomic mass is 10.1. The number of carbonyl (C=O) groups excluding carboxylic acids is 2. The molecule has 2 amide bonds. The van der Waals surface area contributed by atoms with Crippen LogP contribution in [0.15, 0.2) is 77.7 Å². The lowest BCUT2D eigenvalue weighted by molar-refractivity contribution is -0.140. The van der Waals surface area contributed by atoms with E-state index in [-0.39, 0.29) is 17.3 Å². The average Bonchev–Trinajstić information content (AvgIpc) is 2.93. The van der Waals surface area contributed by atoms with Crippen molar-refractivity contribution in [2.24, 2.45) is 0 Å². The molecule has 38 heavy (non-hydrogen) atoms. The molecule has 0 saturated carbocycles. The average molecular weight is 579 g/mol. The molecule has 3 aromatic rings. The van der Waals surface area contributed by atoms with Crippen LogP contribution < -0.4 is 14.4 Å². The molecular weight excluding hydrogens is 549 g/mol. The van der Waals surface area contributed by atoms with Gasteiger partial charge in [0.15, 0.2) is 0 Å². The lowest BCUT2D eigenvalue weighted by Gasteiger charge is -2.33. The van der Waals surface area contributed by atoms with Crippen molar-refractivity contribution in [1.29, 1.82) is 0 Å². The zero-order valence-corrected chi connectivity index (χ0v) is 23.6. The van der Waals surface area contributed by atoms with Gasteiger partial charge in [0.2, 0.25) is 11.8 Å². The highest BCUT2D eigenvalue weighted by atomic mass is 35.5. The predicted octanol–water partition coefficient (Wildman–Crippen LogP) is 4.75. The minimum absolute atomic E-state index is 0.00988. The van der Waals surface area contributed by atoms with Gasteiger partial charge in [-0.15, -0.1) is 0 Å². The first kappa shape index (κ1) is 29.3. The Labute approximate surface area is 233 Å². The smallest absolute Gasteiger partial charge is 0.264 e. The van der Waals surface area contributed by atoms with Crippen LogP contribution in [0.3, 0.4) is 0 Å². The van der Waals surface area contributed by atoms with Gasteiger partial charge >= 0.3 is 0 Å². The van der Waals surface area contributed by atoms with Crippen LogP contribution in [0.1, 0.15) is 18.9 Å². The van der Waals surface area contributed by atoms with Gasteiger partial charge in [-0.2, -0.15) is 0 Å². The van der Waals surface area contributed by atoms with Crippen LogP contribution in [0.25, 0.3) is 0 Å². The Morgan fingerprint density at radius 2 is 1.63 bits per heavy atom. The van der Waals surface area contributed by atoms with Gasteiger partial charge in [-0.25, -0.2) is 8.42 Å². The molecule has 1 atom stereocenters. The highest BCUT2D eigenvalue weighted by Gasteiger charge is 2.33. The van der Waals surface area contributed by atoms with Gasteiger partial charge in [0.05, 0.1) is 27.7 Å². The number of para-hydroxylation sites is 1. The van der Waals surface area contributed by atoms with Gasteiger partial charge in [-0.05, 0) is 60.5 Å². The molecular formula is C27H29Cl2N3O5S. The number of benzene rings is 3. The van der Waals surface area contributed by atoms with E-state index in [0.29, 0.717) is 33.5 Å². The standard InChI is InChI=1S/C27H29Cl2N3O5S/c1-4-25(27(34)30-2)31(17-19-10-15-23(28)24(29)16-19)26(33)18-32(20-8-6-5-7-9-20)38(35,36)22-13-11-21(37-3)12-14-22/h5-16,25H,4,17-18H2,1-3H3,(H,30,34). The van der Waals surface area contributed by atoms with Crippen molar-refractivity contribution >= 4 is 50.7 Å². The number of hydrogen-bond acceptors (Lipinski definition) is 5. The number of rotatable bonds is 11. The highest BCUT2D eigenvalue weighted by molar-refractivity contribution is 7.92. The molecule has 0 spiro atoms. The van der Waals surface area contributed by atoms with Crippen molar-refractivity contribution in [2.45, 2.75) is 30.8 Å². The molecule has 11 heteroatoms. The Balaban J connectivity index is 2.04. The molecule has 0 bridgehead atoms. The molecule has 0 heterocycles. The third-order valence-electron chi connectivity index (χ3n) is 5.94. The summed E-state index contributed by atoms with van der Waals surface area (Å²) in [4.78, 5) is 27.9. The Morgan fingerprint density at radius 1 is 0.974 bits per heavy atom. The van der Waals surface area contributed by atoms with Crippen LogP contribution in [0.2, 0.25) is 10.0 Å². The fraction of sp³-hybridized carbons (Fsp3) is 0.259. The number of carbonyl (C=O) groups is 2. The number of anilines is 1. The normalized spacial score (nSPS) is 11.9. The van der Waals surface area contributed by atoms with Gasteiger partial charge in [0.1, 0.15) is 18.3 Å². The van der Waals surface area contributed by atoms with Crippen LogP contribution in [0.5, 0.6) is 5.75 Å². The molecule has 1 N–H and O–H groups in total. The van der Waals surface area contributed by atoms with Gasteiger partial charge < -0.3 is 15.0 Å². The van der Waals surface area contributed by atoms with Crippen molar-refractivity contribution in [3.63, 3.8) is 0 Å². The Kier molecular flexibility index (Phi) is 10.0. The van der Waals surface area contributed by atoms with E-state index in [1.165, 1.54) is 43.3 Å². The first-order valence-electron chi connectivity index (χ1n) is 11.8. The molecule has 0 aliphatic rings. The van der Waals surface area contributed by atoms with E-state index in [9.17, 15) is 18.0 Å². The van der Waals surface area contributed by atoms with Crippen molar-refractivity contribution < 1.29 is 22.7 Å². The predicted molar refractivity (Wildman–Crippen MR) is 149 cm³/mol. The van der Waals surface area contributed by atoms with Crippen molar-refractivity contribution in [2.75, 3.05) is 25.0 Å². The first-order valence-corrected chi connectivity index (χ1v) is 14.0. The molecule has 3 aromatic carbocycles. The summed E-state index contributed by atoms with van der Waals surface area (Å²) >= 11 is 12.2. The molecule has 0 saturated heterocycles. The van der Waals surface area contributed by atoms with Crippen molar-refractivity contribution in [1.82, 2.24) is 10.2 Å². The van der Waals surface area contributed by atoms with E-state index < -0.39 is 28.5 Å². The minimum Gasteiger partial charge on any atom is -0.497 e. The molecule has 0 aromatic heterocycles. The van der Waals surface area contributed by atoms with Crippen LogP contribution in [-0.2, 0) is 26.2 Å². The van der Waals surface area contributed by atoms with Gasteiger partial charge in [-0.3, -0.25) is 13.9 Å². The summed E-state index contributed by atoms with van der Waals surface area (Å²) in [6, 6.07) is 18.3. The maximum atomic E-state index is 13.8. The SMILES string of the molecule is CCC(C(=O)NC)N(Cc1ccc(Cl)c(Cl)c1)C(=O)CN(c1ccccc1)S(=O)(=O)c1ccc(OC)cc1. The molecule has 8 nitrogen and oxygen atoms in total. The number of likely N-dealkylation sites (N-methyl/N-ethyl adjacent to an activating group) is 1.